The number of nitrogens with two attached hydrogens (primary N) is 1. The summed E-state index contributed by atoms with van der Waals surface area (Å²) in [5, 5.41) is 12.0. The van der Waals surface area contributed by atoms with Crippen molar-refractivity contribution in [1.29, 1.82) is 5.26 Å². The SMILES string of the molecule is Cn1ccnc1CNc1ccc(N)c(CC#N)c1. The molecule has 3 N–H and O–H groups in total. The van der Waals surface area contributed by atoms with Crippen molar-refractivity contribution in [3.05, 3.63) is 42.0 Å². The minimum Gasteiger partial charge on any atom is -0.398 e. The van der Waals surface area contributed by atoms with Crippen LogP contribution in [0.3, 0.4) is 0 Å². The number of imidazole rings is 1. The van der Waals surface area contributed by atoms with Crippen molar-refractivity contribution in [2.75, 3.05) is 11.1 Å². The molecule has 0 amide bonds. The summed E-state index contributed by atoms with van der Waals surface area (Å²) in [6.45, 7) is 0.638. The van der Waals surface area contributed by atoms with E-state index in [1.807, 2.05) is 36.0 Å². The van der Waals surface area contributed by atoms with E-state index in [1.165, 1.54) is 0 Å². The quantitative estimate of drug-likeness (QED) is 0.798. The van der Waals surface area contributed by atoms with Crippen LogP contribution in [-0.4, -0.2) is 9.55 Å². The van der Waals surface area contributed by atoms with Crippen LogP contribution in [0, 0.1) is 11.3 Å². The summed E-state index contributed by atoms with van der Waals surface area (Å²) >= 11 is 0. The number of nitrogens with one attached hydrogen (secondary N) is 1. The number of nitrogens with zero attached hydrogens (tertiary/aromatic N) is 3. The second kappa shape index (κ2) is 5.23. The number of anilines is 2. The van der Waals surface area contributed by atoms with Crippen LogP contribution in [0.2, 0.25) is 0 Å². The zero-order valence-electron chi connectivity index (χ0n) is 10.2. The Morgan fingerprint density at radius 2 is 2.33 bits per heavy atom. The molecule has 0 bridgehead atoms. The zero-order chi connectivity index (χ0) is 13.0. The number of hydrogen-bond donors (Lipinski definition) is 2. The lowest BCUT2D eigenvalue weighted by Gasteiger charge is -2.09. The van der Waals surface area contributed by atoms with Gasteiger partial charge in [0, 0.05) is 30.8 Å². The number of aryl methyl sites for hydroxylation is 1. The molecule has 0 unspecified atom stereocenters. The fourth-order valence-corrected chi connectivity index (χ4v) is 1.70. The van der Waals surface area contributed by atoms with Crippen molar-refractivity contribution in [2.24, 2.45) is 7.05 Å². The van der Waals surface area contributed by atoms with Gasteiger partial charge in [-0.05, 0) is 23.8 Å². The van der Waals surface area contributed by atoms with Crippen LogP contribution in [0.15, 0.2) is 30.6 Å². The maximum absolute atomic E-state index is 8.71. The van der Waals surface area contributed by atoms with Crippen molar-refractivity contribution in [3.63, 3.8) is 0 Å². The lowest BCUT2D eigenvalue weighted by atomic mass is 10.1. The molecular formula is C13H15N5. The fraction of sp³-hybridized carbons (Fsp3) is 0.231. The predicted molar refractivity (Wildman–Crippen MR) is 70.7 cm³/mol. The third-order valence-corrected chi connectivity index (χ3v) is 2.78. The van der Waals surface area contributed by atoms with Gasteiger partial charge in [0.2, 0.25) is 0 Å². The number of nitriles is 1. The van der Waals surface area contributed by atoms with E-state index in [0.29, 0.717) is 18.7 Å². The third-order valence-electron chi connectivity index (χ3n) is 2.78. The minimum atomic E-state index is 0.323. The Hall–Kier alpha value is -2.48. The molecule has 5 heteroatoms. The molecule has 0 saturated carbocycles. The third kappa shape index (κ3) is 2.61. The van der Waals surface area contributed by atoms with Crippen LogP contribution in [0.4, 0.5) is 11.4 Å². The van der Waals surface area contributed by atoms with Crippen LogP contribution in [0.5, 0.6) is 0 Å². The number of nitrogen functional groups attached to an aromatic ring is 1. The van der Waals surface area contributed by atoms with Crippen LogP contribution >= 0.6 is 0 Å². The van der Waals surface area contributed by atoms with E-state index in [-0.39, 0.29) is 0 Å². The first-order valence-electron chi connectivity index (χ1n) is 5.66. The van der Waals surface area contributed by atoms with Gasteiger partial charge in [0.1, 0.15) is 5.82 Å². The largest absolute Gasteiger partial charge is 0.398 e. The molecule has 0 spiro atoms. The van der Waals surface area contributed by atoms with Gasteiger partial charge in [-0.1, -0.05) is 0 Å². The molecule has 0 radical (unpaired) electrons. The topological polar surface area (TPSA) is 79.7 Å². The molecule has 0 fully saturated rings. The van der Waals surface area contributed by atoms with E-state index < -0.39 is 0 Å². The first kappa shape index (κ1) is 12.0. The Bertz CT molecular complexity index is 579. The summed E-state index contributed by atoms with van der Waals surface area (Å²) in [6, 6.07) is 7.73. The maximum atomic E-state index is 8.71. The number of aromatic nitrogens is 2. The number of rotatable bonds is 4. The van der Waals surface area contributed by atoms with Crippen molar-refractivity contribution in [2.45, 2.75) is 13.0 Å². The molecule has 1 aromatic heterocycles. The monoisotopic (exact) mass is 241 g/mol. The lowest BCUT2D eigenvalue weighted by molar-refractivity contribution is 0.813. The van der Waals surface area contributed by atoms with Gasteiger partial charge in [-0.3, -0.25) is 0 Å². The maximum Gasteiger partial charge on any atom is 0.127 e. The zero-order valence-corrected chi connectivity index (χ0v) is 10.2. The van der Waals surface area contributed by atoms with Crippen molar-refractivity contribution < 1.29 is 0 Å². The van der Waals surface area contributed by atoms with Gasteiger partial charge in [-0.2, -0.15) is 5.26 Å². The van der Waals surface area contributed by atoms with Gasteiger partial charge < -0.3 is 15.6 Å². The molecule has 0 aliphatic rings. The minimum absolute atomic E-state index is 0.323. The molecule has 2 aromatic rings. The molecule has 1 heterocycles. The molecule has 0 aliphatic carbocycles. The standard InChI is InChI=1S/C13H15N5/c1-18-7-6-16-13(18)9-17-11-2-3-12(15)10(8-11)4-5-14/h2-3,6-8,17H,4,9,15H2,1H3. The van der Waals surface area contributed by atoms with Crippen molar-refractivity contribution >= 4 is 11.4 Å². The highest BCUT2D eigenvalue weighted by molar-refractivity contribution is 5.58. The second-order valence-corrected chi connectivity index (χ2v) is 4.06. The van der Waals surface area contributed by atoms with Gasteiger partial charge in [-0.25, -0.2) is 4.98 Å². The van der Waals surface area contributed by atoms with E-state index in [4.69, 9.17) is 11.0 Å². The van der Waals surface area contributed by atoms with E-state index in [1.54, 1.807) is 6.20 Å². The van der Waals surface area contributed by atoms with Gasteiger partial charge in [0.15, 0.2) is 0 Å². The Kier molecular flexibility index (Phi) is 3.49. The van der Waals surface area contributed by atoms with Crippen LogP contribution in [0.1, 0.15) is 11.4 Å². The summed E-state index contributed by atoms with van der Waals surface area (Å²) in [7, 11) is 1.95. The number of benzene rings is 1. The van der Waals surface area contributed by atoms with E-state index in [9.17, 15) is 0 Å². The highest BCUT2D eigenvalue weighted by Crippen LogP contribution is 2.18. The van der Waals surface area contributed by atoms with Crippen LogP contribution in [-0.2, 0) is 20.0 Å². The van der Waals surface area contributed by atoms with Crippen molar-refractivity contribution in [3.8, 4) is 6.07 Å². The first-order valence-corrected chi connectivity index (χ1v) is 5.66. The fourth-order valence-electron chi connectivity index (χ4n) is 1.70. The van der Waals surface area contributed by atoms with Gasteiger partial charge in [0.05, 0.1) is 19.0 Å². The van der Waals surface area contributed by atoms with E-state index >= 15 is 0 Å². The molecular weight excluding hydrogens is 226 g/mol. The smallest absolute Gasteiger partial charge is 0.127 e. The predicted octanol–water partition coefficient (Wildman–Crippen LogP) is 1.68. The molecule has 92 valence electrons. The Labute approximate surface area is 106 Å². The molecule has 0 atom stereocenters. The average Bonchev–Trinajstić information content (AvgIpc) is 2.76. The molecule has 2 rings (SSSR count). The lowest BCUT2D eigenvalue weighted by Crippen LogP contribution is -2.06. The molecule has 18 heavy (non-hydrogen) atoms. The number of hydrogen-bond acceptors (Lipinski definition) is 4. The van der Waals surface area contributed by atoms with Crippen LogP contribution < -0.4 is 11.1 Å². The Morgan fingerprint density at radius 3 is 3.00 bits per heavy atom. The van der Waals surface area contributed by atoms with E-state index in [2.05, 4.69) is 16.4 Å². The Balaban J connectivity index is 2.08. The normalized spacial score (nSPS) is 10.0. The van der Waals surface area contributed by atoms with E-state index in [0.717, 1.165) is 17.1 Å². The summed E-state index contributed by atoms with van der Waals surface area (Å²) in [4.78, 5) is 4.23. The second-order valence-electron chi connectivity index (χ2n) is 4.06. The highest BCUT2D eigenvalue weighted by atomic mass is 15.1. The highest BCUT2D eigenvalue weighted by Gasteiger charge is 2.02. The summed E-state index contributed by atoms with van der Waals surface area (Å²) in [6.07, 6.45) is 3.99. The summed E-state index contributed by atoms with van der Waals surface area (Å²) in [5.41, 5.74) is 8.24. The molecule has 0 saturated heterocycles. The van der Waals surface area contributed by atoms with Gasteiger partial charge >= 0.3 is 0 Å². The summed E-state index contributed by atoms with van der Waals surface area (Å²) < 4.78 is 1.96. The molecule has 1 aromatic carbocycles. The van der Waals surface area contributed by atoms with Crippen molar-refractivity contribution in [1.82, 2.24) is 9.55 Å². The van der Waals surface area contributed by atoms with Crippen LogP contribution in [0.25, 0.3) is 0 Å². The average molecular weight is 241 g/mol. The summed E-state index contributed by atoms with van der Waals surface area (Å²) in [5.74, 6) is 0.952. The Morgan fingerprint density at radius 1 is 1.50 bits per heavy atom. The first-order chi connectivity index (χ1) is 8.70. The van der Waals surface area contributed by atoms with Gasteiger partial charge in [0.25, 0.3) is 0 Å². The molecule has 0 aliphatic heterocycles. The molecule has 5 nitrogen and oxygen atoms in total. The van der Waals surface area contributed by atoms with Gasteiger partial charge in [-0.15, -0.1) is 0 Å².